The molecule has 6 heteroatoms. The average molecular weight is 387 g/mol. The summed E-state index contributed by atoms with van der Waals surface area (Å²) in [7, 11) is 1.74. The summed E-state index contributed by atoms with van der Waals surface area (Å²) in [6.45, 7) is 1.91. The number of hydrogen-bond donors (Lipinski definition) is 0. The van der Waals surface area contributed by atoms with Crippen LogP contribution in [0.2, 0.25) is 5.02 Å². The Labute approximate surface area is 162 Å². The first-order chi connectivity index (χ1) is 13.0. The summed E-state index contributed by atoms with van der Waals surface area (Å²) in [6.07, 6.45) is 2.28. The normalized spacial score (nSPS) is 12.0. The molecule has 0 aliphatic heterocycles. The maximum atomic E-state index is 13.1. The Hall–Kier alpha value is -2.66. The zero-order chi connectivity index (χ0) is 19.4. The van der Waals surface area contributed by atoms with E-state index in [0.29, 0.717) is 23.1 Å². The zero-order valence-electron chi connectivity index (χ0n) is 15.2. The van der Waals surface area contributed by atoms with Crippen molar-refractivity contribution in [3.8, 4) is 11.3 Å². The molecule has 1 amide bonds. The second-order valence-electron chi connectivity index (χ2n) is 6.33. The first kappa shape index (κ1) is 19.1. The molecule has 3 aromatic rings. The van der Waals surface area contributed by atoms with Crippen LogP contribution >= 0.6 is 11.6 Å². The summed E-state index contributed by atoms with van der Waals surface area (Å²) in [5, 5.41) is 0.587. The highest BCUT2D eigenvalue weighted by Crippen LogP contribution is 2.28. The third kappa shape index (κ3) is 4.55. The van der Waals surface area contributed by atoms with E-state index >= 15 is 0 Å². The lowest BCUT2D eigenvalue weighted by Crippen LogP contribution is -2.29. The smallest absolute Gasteiger partial charge is 0.223 e. The van der Waals surface area contributed by atoms with Crippen LogP contribution < -0.4 is 0 Å². The van der Waals surface area contributed by atoms with Gasteiger partial charge in [0.1, 0.15) is 5.82 Å². The van der Waals surface area contributed by atoms with Gasteiger partial charge in [-0.1, -0.05) is 35.9 Å². The monoisotopic (exact) mass is 386 g/mol. The Kier molecular flexibility index (Phi) is 5.91. The highest BCUT2D eigenvalue weighted by atomic mass is 35.5. The molecule has 1 unspecified atom stereocenters. The van der Waals surface area contributed by atoms with Gasteiger partial charge in [-0.15, -0.1) is 0 Å². The molecule has 0 aliphatic rings. The molecule has 0 bridgehead atoms. The lowest BCUT2D eigenvalue weighted by molar-refractivity contribution is -0.131. The van der Waals surface area contributed by atoms with E-state index in [0.717, 1.165) is 11.1 Å². The minimum Gasteiger partial charge on any atom is -0.441 e. The van der Waals surface area contributed by atoms with Crippen molar-refractivity contribution in [1.29, 1.82) is 0 Å². The van der Waals surface area contributed by atoms with Gasteiger partial charge in [0, 0.05) is 25.5 Å². The molecule has 0 spiro atoms. The number of aryl methyl sites for hydroxylation is 1. The number of amides is 1. The number of carbonyl (C=O) groups excluding carboxylic acids is 1. The molecule has 0 saturated heterocycles. The van der Waals surface area contributed by atoms with Crippen LogP contribution in [0.5, 0.6) is 0 Å². The third-order valence-electron chi connectivity index (χ3n) is 4.57. The predicted molar refractivity (Wildman–Crippen MR) is 103 cm³/mol. The molecular weight excluding hydrogens is 367 g/mol. The van der Waals surface area contributed by atoms with Gasteiger partial charge in [-0.3, -0.25) is 4.79 Å². The van der Waals surface area contributed by atoms with E-state index < -0.39 is 0 Å². The third-order valence-corrected chi connectivity index (χ3v) is 4.90. The first-order valence-electron chi connectivity index (χ1n) is 8.66. The highest BCUT2D eigenvalue weighted by molar-refractivity contribution is 6.33. The van der Waals surface area contributed by atoms with Crippen molar-refractivity contribution in [2.24, 2.45) is 0 Å². The number of aromatic nitrogens is 1. The number of benzene rings is 2. The fourth-order valence-corrected chi connectivity index (χ4v) is 3.01. The van der Waals surface area contributed by atoms with E-state index in [9.17, 15) is 9.18 Å². The molecule has 1 atom stereocenters. The van der Waals surface area contributed by atoms with Crippen LogP contribution in [0, 0.1) is 5.82 Å². The van der Waals surface area contributed by atoms with E-state index in [-0.39, 0.29) is 24.2 Å². The van der Waals surface area contributed by atoms with Crippen LogP contribution in [0.15, 0.2) is 59.1 Å². The number of carbonyl (C=O) groups is 1. The number of hydrogen-bond acceptors (Lipinski definition) is 3. The van der Waals surface area contributed by atoms with Crippen molar-refractivity contribution in [2.75, 3.05) is 7.05 Å². The van der Waals surface area contributed by atoms with Gasteiger partial charge in [0.15, 0.2) is 11.7 Å². The van der Waals surface area contributed by atoms with Gasteiger partial charge in [0.05, 0.1) is 17.3 Å². The summed E-state index contributed by atoms with van der Waals surface area (Å²) >= 11 is 6.17. The molecule has 1 heterocycles. The number of rotatable bonds is 6. The van der Waals surface area contributed by atoms with Crippen molar-refractivity contribution >= 4 is 17.5 Å². The quantitative estimate of drug-likeness (QED) is 0.578. The number of oxazole rings is 1. The van der Waals surface area contributed by atoms with Gasteiger partial charge >= 0.3 is 0 Å². The molecule has 2 aromatic carbocycles. The SMILES string of the molecule is CC(c1ccc(F)cc1)N(C)C(=O)CCc1ncc(-c2ccccc2Cl)o1. The maximum Gasteiger partial charge on any atom is 0.223 e. The van der Waals surface area contributed by atoms with Crippen molar-refractivity contribution in [3.05, 3.63) is 77.0 Å². The predicted octanol–water partition coefficient (Wildman–Crippen LogP) is 5.29. The van der Waals surface area contributed by atoms with Crippen LogP contribution in [0.1, 0.15) is 30.8 Å². The Balaban J connectivity index is 1.60. The molecule has 0 radical (unpaired) electrons. The zero-order valence-corrected chi connectivity index (χ0v) is 15.9. The average Bonchev–Trinajstić information content (AvgIpc) is 3.14. The maximum absolute atomic E-state index is 13.1. The molecule has 0 fully saturated rings. The van der Waals surface area contributed by atoms with E-state index in [1.54, 1.807) is 36.3 Å². The molecular formula is C21H20ClFN2O2. The Morgan fingerprint density at radius 1 is 1.22 bits per heavy atom. The van der Waals surface area contributed by atoms with Gasteiger partial charge in [0.2, 0.25) is 5.91 Å². The van der Waals surface area contributed by atoms with Gasteiger partial charge in [-0.05, 0) is 36.8 Å². The summed E-state index contributed by atoms with van der Waals surface area (Å²) < 4.78 is 18.8. The van der Waals surface area contributed by atoms with Crippen LogP contribution in [-0.4, -0.2) is 22.8 Å². The topological polar surface area (TPSA) is 46.3 Å². The fraction of sp³-hybridized carbons (Fsp3) is 0.238. The Bertz CT molecular complexity index is 924. The molecule has 0 aliphatic carbocycles. The van der Waals surface area contributed by atoms with Crippen molar-refractivity contribution in [1.82, 2.24) is 9.88 Å². The molecule has 4 nitrogen and oxygen atoms in total. The van der Waals surface area contributed by atoms with E-state index in [2.05, 4.69) is 4.98 Å². The minimum absolute atomic E-state index is 0.0377. The van der Waals surface area contributed by atoms with Gasteiger partial charge in [-0.25, -0.2) is 9.37 Å². The van der Waals surface area contributed by atoms with E-state index in [1.807, 2.05) is 25.1 Å². The van der Waals surface area contributed by atoms with Crippen LogP contribution in [0.25, 0.3) is 11.3 Å². The second kappa shape index (κ2) is 8.35. The van der Waals surface area contributed by atoms with Gasteiger partial charge < -0.3 is 9.32 Å². The number of halogens is 2. The fourth-order valence-electron chi connectivity index (χ4n) is 2.78. The highest BCUT2D eigenvalue weighted by Gasteiger charge is 2.18. The molecule has 27 heavy (non-hydrogen) atoms. The minimum atomic E-state index is -0.293. The summed E-state index contributed by atoms with van der Waals surface area (Å²) in [4.78, 5) is 18.4. The lowest BCUT2D eigenvalue weighted by atomic mass is 10.1. The van der Waals surface area contributed by atoms with Crippen LogP contribution in [0.3, 0.4) is 0 Å². The van der Waals surface area contributed by atoms with Crippen LogP contribution in [0.4, 0.5) is 4.39 Å². The van der Waals surface area contributed by atoms with Gasteiger partial charge in [-0.2, -0.15) is 0 Å². The Morgan fingerprint density at radius 3 is 2.63 bits per heavy atom. The van der Waals surface area contributed by atoms with Crippen molar-refractivity contribution in [3.63, 3.8) is 0 Å². The largest absolute Gasteiger partial charge is 0.441 e. The van der Waals surface area contributed by atoms with Crippen molar-refractivity contribution in [2.45, 2.75) is 25.8 Å². The first-order valence-corrected chi connectivity index (χ1v) is 9.04. The lowest BCUT2D eigenvalue weighted by Gasteiger charge is -2.25. The molecule has 1 aromatic heterocycles. The van der Waals surface area contributed by atoms with E-state index in [1.165, 1.54) is 12.1 Å². The molecule has 140 valence electrons. The van der Waals surface area contributed by atoms with E-state index in [4.69, 9.17) is 16.0 Å². The van der Waals surface area contributed by atoms with Gasteiger partial charge in [0.25, 0.3) is 0 Å². The summed E-state index contributed by atoms with van der Waals surface area (Å²) in [6, 6.07) is 13.4. The molecule has 3 rings (SSSR count). The standard InChI is InChI=1S/C21H20ClFN2O2/c1-14(15-7-9-16(23)10-8-15)25(2)21(26)12-11-20-24-13-19(27-20)17-5-3-4-6-18(17)22/h3-10,13-14H,11-12H2,1-2H3. The Morgan fingerprint density at radius 2 is 1.93 bits per heavy atom. The summed E-state index contributed by atoms with van der Waals surface area (Å²) in [5.41, 5.74) is 1.65. The number of nitrogens with zero attached hydrogens (tertiary/aromatic N) is 2. The van der Waals surface area contributed by atoms with Crippen LogP contribution in [-0.2, 0) is 11.2 Å². The molecule has 0 saturated carbocycles. The van der Waals surface area contributed by atoms with Crippen molar-refractivity contribution < 1.29 is 13.6 Å². The second-order valence-corrected chi connectivity index (χ2v) is 6.74. The molecule has 0 N–H and O–H groups in total. The summed E-state index contributed by atoms with van der Waals surface area (Å²) in [5.74, 6) is 0.736.